The van der Waals surface area contributed by atoms with Crippen LogP contribution in [0.5, 0.6) is 0 Å². The molecule has 1 rings (SSSR count). The van der Waals surface area contributed by atoms with E-state index in [1.807, 2.05) is 0 Å². The molecule has 1 heterocycles. The van der Waals surface area contributed by atoms with E-state index in [-0.39, 0.29) is 23.5 Å². The zero-order valence-corrected chi connectivity index (χ0v) is 9.88. The molecular weight excluding hydrogens is 190 g/mol. The molecule has 1 aliphatic heterocycles. The molecule has 86 valence electrons. The SMILES string of the molecule is C=CC(=O)NC1CCOC(C(C)(C)C)C1. The monoisotopic (exact) mass is 211 g/mol. The average molecular weight is 211 g/mol. The number of carbonyl (C=O) groups is 1. The largest absolute Gasteiger partial charge is 0.378 e. The highest BCUT2D eigenvalue weighted by molar-refractivity contribution is 5.87. The van der Waals surface area contributed by atoms with Crippen LogP contribution in [0.15, 0.2) is 12.7 Å². The summed E-state index contributed by atoms with van der Waals surface area (Å²) in [5, 5.41) is 2.93. The highest BCUT2D eigenvalue weighted by Gasteiger charge is 2.31. The van der Waals surface area contributed by atoms with Crippen LogP contribution < -0.4 is 5.32 Å². The minimum Gasteiger partial charge on any atom is -0.378 e. The van der Waals surface area contributed by atoms with Gasteiger partial charge in [0.1, 0.15) is 0 Å². The Balaban J connectivity index is 2.49. The van der Waals surface area contributed by atoms with E-state index in [4.69, 9.17) is 4.74 Å². The Hall–Kier alpha value is -0.830. The number of nitrogens with one attached hydrogen (secondary N) is 1. The van der Waals surface area contributed by atoms with Gasteiger partial charge in [0.25, 0.3) is 0 Å². The third-order valence-corrected chi connectivity index (χ3v) is 2.78. The normalized spacial score (nSPS) is 27.1. The van der Waals surface area contributed by atoms with E-state index in [2.05, 4.69) is 32.7 Å². The maximum Gasteiger partial charge on any atom is 0.243 e. The Morgan fingerprint density at radius 1 is 1.53 bits per heavy atom. The van der Waals surface area contributed by atoms with Crippen molar-refractivity contribution < 1.29 is 9.53 Å². The van der Waals surface area contributed by atoms with Crippen LogP contribution >= 0.6 is 0 Å². The van der Waals surface area contributed by atoms with Gasteiger partial charge in [-0.25, -0.2) is 0 Å². The van der Waals surface area contributed by atoms with Crippen LogP contribution in [0.1, 0.15) is 33.6 Å². The topological polar surface area (TPSA) is 38.3 Å². The van der Waals surface area contributed by atoms with Crippen molar-refractivity contribution in [2.45, 2.75) is 45.8 Å². The Labute approximate surface area is 91.9 Å². The minimum absolute atomic E-state index is 0.0884. The van der Waals surface area contributed by atoms with Gasteiger partial charge in [0, 0.05) is 12.6 Å². The summed E-state index contributed by atoms with van der Waals surface area (Å²) in [5.74, 6) is -0.0884. The first-order valence-corrected chi connectivity index (χ1v) is 5.48. The summed E-state index contributed by atoms with van der Waals surface area (Å²) in [4.78, 5) is 11.2. The summed E-state index contributed by atoms with van der Waals surface area (Å²) in [5.41, 5.74) is 0.136. The van der Waals surface area contributed by atoms with Crippen LogP contribution in [0.4, 0.5) is 0 Å². The second-order valence-corrected chi connectivity index (χ2v) is 5.16. The van der Waals surface area contributed by atoms with E-state index < -0.39 is 0 Å². The molecule has 0 aromatic heterocycles. The molecule has 0 radical (unpaired) electrons. The van der Waals surface area contributed by atoms with Crippen LogP contribution in [0.25, 0.3) is 0 Å². The zero-order chi connectivity index (χ0) is 11.5. The molecule has 2 atom stereocenters. The van der Waals surface area contributed by atoms with Crippen molar-refractivity contribution >= 4 is 5.91 Å². The summed E-state index contributed by atoms with van der Waals surface area (Å²) < 4.78 is 5.71. The second-order valence-electron chi connectivity index (χ2n) is 5.16. The smallest absolute Gasteiger partial charge is 0.243 e. The van der Waals surface area contributed by atoms with Gasteiger partial charge < -0.3 is 10.1 Å². The lowest BCUT2D eigenvalue weighted by Gasteiger charge is -2.37. The first kappa shape index (κ1) is 12.2. The molecule has 0 saturated carbocycles. The average Bonchev–Trinajstić information content (AvgIpc) is 2.17. The van der Waals surface area contributed by atoms with Crippen LogP contribution in [0.2, 0.25) is 0 Å². The van der Waals surface area contributed by atoms with Crippen molar-refractivity contribution in [1.82, 2.24) is 5.32 Å². The number of amides is 1. The Bertz CT molecular complexity index is 242. The highest BCUT2D eigenvalue weighted by Crippen LogP contribution is 2.29. The van der Waals surface area contributed by atoms with E-state index in [0.29, 0.717) is 0 Å². The van der Waals surface area contributed by atoms with E-state index in [1.165, 1.54) is 6.08 Å². The first-order valence-electron chi connectivity index (χ1n) is 5.48. The Morgan fingerprint density at radius 3 is 2.73 bits per heavy atom. The van der Waals surface area contributed by atoms with Crippen LogP contribution in [-0.2, 0) is 9.53 Å². The van der Waals surface area contributed by atoms with Crippen molar-refractivity contribution in [3.8, 4) is 0 Å². The van der Waals surface area contributed by atoms with Crippen molar-refractivity contribution in [3.05, 3.63) is 12.7 Å². The number of hydrogen-bond donors (Lipinski definition) is 1. The predicted molar refractivity (Wildman–Crippen MR) is 60.6 cm³/mol. The van der Waals surface area contributed by atoms with Crippen molar-refractivity contribution in [1.29, 1.82) is 0 Å². The summed E-state index contributed by atoms with van der Waals surface area (Å²) >= 11 is 0. The van der Waals surface area contributed by atoms with Crippen LogP contribution in [0.3, 0.4) is 0 Å². The van der Waals surface area contributed by atoms with Crippen LogP contribution in [0, 0.1) is 5.41 Å². The molecule has 15 heavy (non-hydrogen) atoms. The number of ether oxygens (including phenoxy) is 1. The number of rotatable bonds is 2. The third-order valence-electron chi connectivity index (χ3n) is 2.78. The van der Waals surface area contributed by atoms with Crippen molar-refractivity contribution in [2.75, 3.05) is 6.61 Å². The molecule has 1 fully saturated rings. The van der Waals surface area contributed by atoms with Gasteiger partial charge in [0.05, 0.1) is 6.10 Å². The third kappa shape index (κ3) is 3.67. The molecule has 1 N–H and O–H groups in total. The van der Waals surface area contributed by atoms with E-state index in [0.717, 1.165) is 19.4 Å². The maximum absolute atomic E-state index is 11.2. The van der Waals surface area contributed by atoms with Crippen molar-refractivity contribution in [2.24, 2.45) is 5.41 Å². The second kappa shape index (κ2) is 4.79. The van der Waals surface area contributed by atoms with Gasteiger partial charge in [-0.2, -0.15) is 0 Å². The predicted octanol–water partition coefficient (Wildman–Crippen LogP) is 1.88. The lowest BCUT2D eigenvalue weighted by Crippen LogP contribution is -2.45. The molecule has 3 nitrogen and oxygen atoms in total. The maximum atomic E-state index is 11.2. The minimum atomic E-state index is -0.0884. The zero-order valence-electron chi connectivity index (χ0n) is 9.88. The Kier molecular flexibility index (Phi) is 3.91. The molecule has 0 bridgehead atoms. The lowest BCUT2D eigenvalue weighted by molar-refractivity contribution is -0.119. The van der Waals surface area contributed by atoms with Gasteiger partial charge in [-0.1, -0.05) is 27.4 Å². The molecule has 2 unspecified atom stereocenters. The van der Waals surface area contributed by atoms with Gasteiger partial charge in [-0.05, 0) is 24.3 Å². The molecule has 1 amide bonds. The highest BCUT2D eigenvalue weighted by atomic mass is 16.5. The fourth-order valence-electron chi connectivity index (χ4n) is 1.79. The summed E-state index contributed by atoms with van der Waals surface area (Å²) in [7, 11) is 0. The summed E-state index contributed by atoms with van der Waals surface area (Å²) in [6.07, 6.45) is 3.33. The van der Waals surface area contributed by atoms with Gasteiger partial charge in [-0.15, -0.1) is 0 Å². The quantitative estimate of drug-likeness (QED) is 0.708. The van der Waals surface area contributed by atoms with Crippen LogP contribution in [-0.4, -0.2) is 24.7 Å². The molecular formula is C12H21NO2. The Morgan fingerprint density at radius 2 is 2.20 bits per heavy atom. The molecule has 3 heteroatoms. The lowest BCUT2D eigenvalue weighted by atomic mass is 9.83. The molecule has 0 aliphatic carbocycles. The molecule has 1 saturated heterocycles. The summed E-state index contributed by atoms with van der Waals surface area (Å²) in [6, 6.07) is 0.230. The van der Waals surface area contributed by atoms with E-state index in [9.17, 15) is 4.79 Å². The fraction of sp³-hybridized carbons (Fsp3) is 0.750. The van der Waals surface area contributed by atoms with Crippen molar-refractivity contribution in [3.63, 3.8) is 0 Å². The molecule has 0 spiro atoms. The molecule has 0 aromatic rings. The first-order chi connectivity index (χ1) is 6.93. The van der Waals surface area contributed by atoms with E-state index >= 15 is 0 Å². The fourth-order valence-corrected chi connectivity index (χ4v) is 1.79. The van der Waals surface area contributed by atoms with Gasteiger partial charge >= 0.3 is 0 Å². The van der Waals surface area contributed by atoms with Gasteiger partial charge in [0.2, 0.25) is 5.91 Å². The molecule has 1 aliphatic rings. The van der Waals surface area contributed by atoms with E-state index in [1.54, 1.807) is 0 Å². The number of hydrogen-bond acceptors (Lipinski definition) is 2. The van der Waals surface area contributed by atoms with Gasteiger partial charge in [-0.3, -0.25) is 4.79 Å². The van der Waals surface area contributed by atoms with Gasteiger partial charge in [0.15, 0.2) is 0 Å². The molecule has 0 aromatic carbocycles. The summed E-state index contributed by atoms with van der Waals surface area (Å²) in [6.45, 7) is 10.7. The number of carbonyl (C=O) groups excluding carboxylic acids is 1. The standard InChI is InChI=1S/C12H21NO2/c1-5-11(14)13-9-6-7-15-10(8-9)12(2,3)4/h5,9-10H,1,6-8H2,2-4H3,(H,13,14).